The number of aliphatic carboxylic acids is 2. The van der Waals surface area contributed by atoms with Gasteiger partial charge in [0.05, 0.1) is 6.61 Å². The van der Waals surface area contributed by atoms with Crippen LogP contribution < -0.4 is 43.8 Å². The van der Waals surface area contributed by atoms with Gasteiger partial charge in [-0.25, -0.2) is 4.79 Å². The Labute approximate surface area is 314 Å². The topological polar surface area (TPSA) is 331 Å². The number of carboxylic acids is 2. The molecule has 0 unspecified atom stereocenters. The van der Waals surface area contributed by atoms with Gasteiger partial charge in [-0.1, -0.05) is 64.4 Å². The molecule has 0 aliphatic heterocycles. The molecule has 5 amide bonds. The minimum absolute atomic E-state index is 0.000669. The first-order valence-electron chi connectivity index (χ1n) is 17.8. The number of carbonyl (C=O) groups excluding carboxylic acids is 5. The summed E-state index contributed by atoms with van der Waals surface area (Å²) in [7, 11) is 0. The van der Waals surface area contributed by atoms with Crippen molar-refractivity contribution in [3.63, 3.8) is 0 Å². The normalized spacial score (nSPS) is 14.9. The summed E-state index contributed by atoms with van der Waals surface area (Å²) in [6.07, 6.45) is -0.240. The lowest BCUT2D eigenvalue weighted by Crippen LogP contribution is -2.60. The summed E-state index contributed by atoms with van der Waals surface area (Å²) in [5.74, 6) is -7.52. The Balaban J connectivity index is 3.31. The molecule has 7 atom stereocenters. The van der Waals surface area contributed by atoms with E-state index in [-0.39, 0.29) is 50.5 Å². The maximum atomic E-state index is 13.8. The maximum Gasteiger partial charge on any atom is 0.326 e. The number of hydrogen-bond acceptors (Lipinski definition) is 10. The first-order chi connectivity index (χ1) is 25.4. The van der Waals surface area contributed by atoms with Crippen molar-refractivity contribution in [3.05, 3.63) is 35.9 Å². The number of rotatable bonds is 25. The van der Waals surface area contributed by atoms with E-state index >= 15 is 0 Å². The van der Waals surface area contributed by atoms with Crippen molar-refractivity contribution < 1.29 is 48.9 Å². The number of aliphatic imine (C=N–C) groups is 1. The molecule has 0 aliphatic rings. The van der Waals surface area contributed by atoms with Crippen molar-refractivity contribution in [3.8, 4) is 0 Å². The molecule has 0 fully saturated rings. The molecule has 0 radical (unpaired) electrons. The van der Waals surface area contributed by atoms with Gasteiger partial charge in [-0.2, -0.15) is 0 Å². The van der Waals surface area contributed by atoms with Crippen LogP contribution in [-0.4, -0.2) is 112 Å². The van der Waals surface area contributed by atoms with E-state index in [2.05, 4.69) is 31.6 Å². The number of amides is 5. The number of nitrogens with one attached hydrogen (secondary N) is 5. The third kappa shape index (κ3) is 17.5. The number of aliphatic hydroxyl groups is 1. The first-order valence-corrected chi connectivity index (χ1v) is 17.8. The number of benzene rings is 1. The predicted molar refractivity (Wildman–Crippen MR) is 198 cm³/mol. The molecule has 0 heterocycles. The van der Waals surface area contributed by atoms with Crippen LogP contribution in [0.25, 0.3) is 0 Å². The monoisotopic (exact) mass is 763 g/mol. The van der Waals surface area contributed by atoms with Gasteiger partial charge in [0.25, 0.3) is 0 Å². The van der Waals surface area contributed by atoms with Crippen LogP contribution in [0.2, 0.25) is 0 Å². The SMILES string of the molecule is CC[C@H](C)[C@H](NC(=O)[C@H](CCC(=O)O)NC(=O)[C@H](Cc1ccccc1)NC(=O)[C@@H](N)CO)C(=O)N[C@@H](CC(C)C)C(=O)N[C@@H](CCCN=C(N)N)C(=O)O. The second-order valence-electron chi connectivity index (χ2n) is 13.4. The van der Waals surface area contributed by atoms with E-state index in [9.17, 15) is 48.9 Å². The van der Waals surface area contributed by atoms with E-state index in [0.717, 1.165) is 0 Å². The molecular formula is C35H57N9O10. The zero-order valence-corrected chi connectivity index (χ0v) is 31.2. The molecule has 54 heavy (non-hydrogen) atoms. The fourth-order valence-corrected chi connectivity index (χ4v) is 5.18. The number of nitrogens with two attached hydrogens (primary N) is 3. The molecule has 1 aromatic rings. The van der Waals surface area contributed by atoms with Gasteiger partial charge in [0.1, 0.15) is 36.3 Å². The molecule has 0 spiro atoms. The van der Waals surface area contributed by atoms with Crippen LogP contribution in [0.3, 0.4) is 0 Å². The van der Waals surface area contributed by atoms with Crippen LogP contribution in [-0.2, 0) is 40.0 Å². The fraction of sp³-hybridized carbons (Fsp3) is 0.600. The second-order valence-corrected chi connectivity index (χ2v) is 13.4. The number of nitrogens with zero attached hydrogens (tertiary/aromatic N) is 1. The van der Waals surface area contributed by atoms with E-state index in [1.807, 2.05) is 0 Å². The van der Waals surface area contributed by atoms with Crippen molar-refractivity contribution in [2.45, 2.75) is 109 Å². The number of carboxylic acid groups (broad SMARTS) is 2. The summed E-state index contributed by atoms with van der Waals surface area (Å²) in [6, 6.07) is 0.680. The third-order valence-corrected chi connectivity index (χ3v) is 8.42. The summed E-state index contributed by atoms with van der Waals surface area (Å²) < 4.78 is 0. The Morgan fingerprint density at radius 3 is 1.83 bits per heavy atom. The molecule has 302 valence electrons. The van der Waals surface area contributed by atoms with Crippen molar-refractivity contribution in [1.82, 2.24) is 26.6 Å². The van der Waals surface area contributed by atoms with Crippen molar-refractivity contribution in [2.75, 3.05) is 13.2 Å². The predicted octanol–water partition coefficient (Wildman–Crippen LogP) is -1.93. The quantitative estimate of drug-likeness (QED) is 0.0294. The summed E-state index contributed by atoms with van der Waals surface area (Å²) in [5, 5.41) is 41.1. The molecule has 0 bridgehead atoms. The van der Waals surface area contributed by atoms with Gasteiger partial charge in [-0.3, -0.25) is 33.8 Å². The summed E-state index contributed by atoms with van der Waals surface area (Å²) in [6.45, 7) is 6.45. The van der Waals surface area contributed by atoms with Gasteiger partial charge < -0.3 is 59.1 Å². The van der Waals surface area contributed by atoms with Crippen LogP contribution in [0.4, 0.5) is 0 Å². The van der Waals surface area contributed by atoms with Crippen molar-refractivity contribution >= 4 is 47.4 Å². The fourth-order valence-electron chi connectivity index (χ4n) is 5.18. The van der Waals surface area contributed by atoms with Gasteiger partial charge >= 0.3 is 11.9 Å². The largest absolute Gasteiger partial charge is 0.481 e. The zero-order chi connectivity index (χ0) is 41.0. The van der Waals surface area contributed by atoms with Gasteiger partial charge in [0.2, 0.25) is 29.5 Å². The van der Waals surface area contributed by atoms with E-state index in [1.165, 1.54) is 0 Å². The molecule has 14 N–H and O–H groups in total. The lowest BCUT2D eigenvalue weighted by molar-refractivity contribution is -0.143. The summed E-state index contributed by atoms with van der Waals surface area (Å²) in [5.41, 5.74) is 16.9. The van der Waals surface area contributed by atoms with Crippen molar-refractivity contribution in [2.24, 2.45) is 34.0 Å². The summed E-state index contributed by atoms with van der Waals surface area (Å²) >= 11 is 0. The van der Waals surface area contributed by atoms with E-state index < -0.39 is 96.7 Å². The van der Waals surface area contributed by atoms with Crippen LogP contribution in [0.15, 0.2) is 35.3 Å². The van der Waals surface area contributed by atoms with Gasteiger partial charge in [-0.05, 0) is 43.1 Å². The standard InChI is InChI=1S/C35H57N9O10/c1-5-20(4)28(33(52)43-25(16-19(2)3)31(50)41-24(34(53)54)12-9-15-39-35(37)38)44-30(49)23(13-14-27(46)47)40-32(51)26(42-29(48)22(36)18-45)17-21-10-7-6-8-11-21/h6-8,10-11,19-20,22-26,28,45H,5,9,12-18,36H2,1-4H3,(H,40,51)(H,41,50)(H,42,48)(H,43,52)(H,44,49)(H,46,47)(H,53,54)(H4,37,38,39)/t20-,22-,23-,24-,25-,26-,28-/m0/s1. The van der Waals surface area contributed by atoms with Gasteiger partial charge in [0, 0.05) is 19.4 Å². The van der Waals surface area contributed by atoms with Crippen molar-refractivity contribution in [1.29, 1.82) is 0 Å². The van der Waals surface area contributed by atoms with Gasteiger partial charge in [-0.15, -0.1) is 0 Å². The lowest BCUT2D eigenvalue weighted by atomic mass is 9.96. The van der Waals surface area contributed by atoms with Crippen LogP contribution in [0, 0.1) is 11.8 Å². The molecule has 0 aliphatic carbocycles. The number of carbonyl (C=O) groups is 7. The van der Waals surface area contributed by atoms with Crippen LogP contribution in [0.5, 0.6) is 0 Å². The molecule has 0 saturated carbocycles. The van der Waals surface area contributed by atoms with Gasteiger partial charge in [0.15, 0.2) is 5.96 Å². The van der Waals surface area contributed by atoms with Crippen LogP contribution in [0.1, 0.15) is 71.8 Å². The highest BCUT2D eigenvalue weighted by molar-refractivity contribution is 5.96. The highest BCUT2D eigenvalue weighted by atomic mass is 16.4. The molecule has 19 nitrogen and oxygen atoms in total. The average Bonchev–Trinajstić information content (AvgIpc) is 3.11. The molecule has 19 heteroatoms. The molecule has 1 rings (SSSR count). The van der Waals surface area contributed by atoms with Crippen LogP contribution >= 0.6 is 0 Å². The maximum absolute atomic E-state index is 13.8. The second kappa shape index (κ2) is 24.1. The van der Waals surface area contributed by atoms with E-state index in [4.69, 9.17) is 17.2 Å². The smallest absolute Gasteiger partial charge is 0.326 e. The highest BCUT2D eigenvalue weighted by Gasteiger charge is 2.35. The number of hydrogen-bond donors (Lipinski definition) is 11. The third-order valence-electron chi connectivity index (χ3n) is 8.42. The highest BCUT2D eigenvalue weighted by Crippen LogP contribution is 2.13. The minimum Gasteiger partial charge on any atom is -0.481 e. The number of aliphatic hydroxyl groups excluding tert-OH is 1. The Hall–Kier alpha value is -5.30. The Morgan fingerprint density at radius 2 is 1.30 bits per heavy atom. The Bertz CT molecular complexity index is 1440. The van der Waals surface area contributed by atoms with E-state index in [1.54, 1.807) is 58.0 Å². The number of guanidine groups is 1. The molecule has 1 aromatic carbocycles. The Kier molecular flexibility index (Phi) is 20.9. The average molecular weight is 764 g/mol. The molecule has 0 aromatic heterocycles. The van der Waals surface area contributed by atoms with E-state index in [0.29, 0.717) is 12.0 Å². The zero-order valence-electron chi connectivity index (χ0n) is 31.2. The summed E-state index contributed by atoms with van der Waals surface area (Å²) in [4.78, 5) is 94.3. The molecular weight excluding hydrogens is 706 g/mol. The lowest BCUT2D eigenvalue weighted by Gasteiger charge is -2.29. The first kappa shape index (κ1) is 46.7. The Morgan fingerprint density at radius 1 is 0.741 bits per heavy atom. The molecule has 0 saturated heterocycles. The minimum atomic E-state index is -1.49.